The molecule has 2 aliphatic rings. The van der Waals surface area contributed by atoms with E-state index in [1.807, 2.05) is 6.92 Å². The standard InChI is InChI=1S/C22H32N4O2/c1-15-23-14-19(22(28)26(2)3)20(25-15)17-11-9-16(10-12-17)13-24-21(27)18-7-5-4-6-8-18/h4-5,14,16-18H,6-13H2,1-3H3,(H,24,27)/t16?,17?,18-/m1/s1. The lowest BCUT2D eigenvalue weighted by atomic mass is 9.79. The fourth-order valence-electron chi connectivity index (χ4n) is 4.27. The van der Waals surface area contributed by atoms with Crippen LogP contribution >= 0.6 is 0 Å². The Kier molecular flexibility index (Phi) is 6.81. The Morgan fingerprint density at radius 1 is 1.14 bits per heavy atom. The minimum atomic E-state index is -0.0362. The summed E-state index contributed by atoms with van der Waals surface area (Å²) in [5.74, 6) is 1.82. The number of nitrogens with one attached hydrogen (secondary N) is 1. The number of hydrogen-bond acceptors (Lipinski definition) is 4. The molecule has 28 heavy (non-hydrogen) atoms. The molecule has 0 bridgehead atoms. The maximum Gasteiger partial charge on any atom is 0.256 e. The molecule has 0 saturated heterocycles. The van der Waals surface area contributed by atoms with Crippen molar-refractivity contribution in [3.8, 4) is 0 Å². The molecule has 0 aliphatic heterocycles. The zero-order valence-electron chi connectivity index (χ0n) is 17.3. The summed E-state index contributed by atoms with van der Waals surface area (Å²) in [7, 11) is 3.52. The zero-order chi connectivity index (χ0) is 20.1. The SMILES string of the molecule is Cc1ncc(C(=O)N(C)C)c(C2CCC(CNC(=O)[C@@H]3CC=CCC3)CC2)n1. The van der Waals surface area contributed by atoms with Gasteiger partial charge in [0.2, 0.25) is 5.91 Å². The number of aromatic nitrogens is 2. The normalized spacial score (nSPS) is 24.6. The molecule has 0 unspecified atom stereocenters. The molecule has 1 fully saturated rings. The number of rotatable bonds is 5. The smallest absolute Gasteiger partial charge is 0.256 e. The summed E-state index contributed by atoms with van der Waals surface area (Å²) in [6, 6.07) is 0. The van der Waals surface area contributed by atoms with Crippen molar-refractivity contribution < 1.29 is 9.59 Å². The van der Waals surface area contributed by atoms with Crippen molar-refractivity contribution in [3.05, 3.63) is 35.4 Å². The van der Waals surface area contributed by atoms with Crippen LogP contribution in [-0.4, -0.2) is 47.3 Å². The van der Waals surface area contributed by atoms with Crippen LogP contribution in [0, 0.1) is 18.8 Å². The lowest BCUT2D eigenvalue weighted by Gasteiger charge is -2.30. The number of aryl methyl sites for hydroxylation is 1. The van der Waals surface area contributed by atoms with Crippen LogP contribution in [0.2, 0.25) is 0 Å². The number of hydrogen-bond donors (Lipinski definition) is 1. The van der Waals surface area contributed by atoms with Crippen LogP contribution in [-0.2, 0) is 4.79 Å². The van der Waals surface area contributed by atoms with E-state index in [9.17, 15) is 9.59 Å². The molecule has 1 atom stereocenters. The molecule has 1 heterocycles. The van der Waals surface area contributed by atoms with Crippen molar-refractivity contribution >= 4 is 11.8 Å². The molecule has 3 rings (SSSR count). The number of carbonyl (C=O) groups excluding carboxylic acids is 2. The quantitative estimate of drug-likeness (QED) is 0.791. The molecule has 0 spiro atoms. The van der Waals surface area contributed by atoms with Gasteiger partial charge in [-0.05, 0) is 57.8 Å². The van der Waals surface area contributed by atoms with Gasteiger partial charge in [-0.2, -0.15) is 0 Å². The topological polar surface area (TPSA) is 75.2 Å². The van der Waals surface area contributed by atoms with Gasteiger partial charge < -0.3 is 10.2 Å². The second kappa shape index (κ2) is 9.30. The minimum Gasteiger partial charge on any atom is -0.356 e. The molecule has 0 radical (unpaired) electrons. The third-order valence-corrected chi connectivity index (χ3v) is 6.01. The molecular weight excluding hydrogens is 352 g/mol. The monoisotopic (exact) mass is 384 g/mol. The highest BCUT2D eigenvalue weighted by Gasteiger charge is 2.28. The first kappa shape index (κ1) is 20.5. The van der Waals surface area contributed by atoms with E-state index in [4.69, 9.17) is 0 Å². The first-order valence-corrected chi connectivity index (χ1v) is 10.4. The van der Waals surface area contributed by atoms with E-state index in [-0.39, 0.29) is 23.7 Å². The Labute approximate surface area is 167 Å². The van der Waals surface area contributed by atoms with Gasteiger partial charge in [0.15, 0.2) is 0 Å². The Balaban J connectivity index is 1.55. The van der Waals surface area contributed by atoms with Crippen LogP contribution in [0.4, 0.5) is 0 Å². The molecule has 6 heteroatoms. The summed E-state index contributed by atoms with van der Waals surface area (Å²) >= 11 is 0. The van der Waals surface area contributed by atoms with Crippen LogP contribution in [0.15, 0.2) is 18.3 Å². The summed E-state index contributed by atoms with van der Waals surface area (Å²) < 4.78 is 0. The van der Waals surface area contributed by atoms with E-state index in [1.165, 1.54) is 0 Å². The van der Waals surface area contributed by atoms with Crippen molar-refractivity contribution in [2.24, 2.45) is 11.8 Å². The van der Waals surface area contributed by atoms with Crippen molar-refractivity contribution in [1.82, 2.24) is 20.2 Å². The number of nitrogens with zero attached hydrogens (tertiary/aromatic N) is 3. The third-order valence-electron chi connectivity index (χ3n) is 6.01. The predicted molar refractivity (Wildman–Crippen MR) is 109 cm³/mol. The largest absolute Gasteiger partial charge is 0.356 e. The fraction of sp³-hybridized carbons (Fsp3) is 0.636. The summed E-state index contributed by atoms with van der Waals surface area (Å²) in [5, 5.41) is 3.17. The summed E-state index contributed by atoms with van der Waals surface area (Å²) in [6.07, 6.45) is 12.9. The van der Waals surface area contributed by atoms with Crippen molar-refractivity contribution in [2.45, 2.75) is 57.8 Å². The van der Waals surface area contributed by atoms with Gasteiger partial charge in [0, 0.05) is 38.7 Å². The average molecular weight is 385 g/mol. The Hall–Kier alpha value is -2.24. The van der Waals surface area contributed by atoms with Crippen LogP contribution in [0.25, 0.3) is 0 Å². The van der Waals surface area contributed by atoms with Gasteiger partial charge >= 0.3 is 0 Å². The molecule has 1 saturated carbocycles. The van der Waals surface area contributed by atoms with Gasteiger partial charge in [-0.25, -0.2) is 9.97 Å². The van der Waals surface area contributed by atoms with Gasteiger partial charge in [0.05, 0.1) is 11.3 Å². The molecule has 0 aromatic carbocycles. The summed E-state index contributed by atoms with van der Waals surface area (Å²) in [6.45, 7) is 2.63. The molecule has 1 aromatic heterocycles. The Morgan fingerprint density at radius 2 is 1.89 bits per heavy atom. The molecule has 1 aromatic rings. The number of allylic oxidation sites excluding steroid dienone is 2. The van der Waals surface area contributed by atoms with Gasteiger partial charge in [-0.3, -0.25) is 9.59 Å². The van der Waals surface area contributed by atoms with Crippen LogP contribution in [0.3, 0.4) is 0 Å². The van der Waals surface area contributed by atoms with Crippen LogP contribution < -0.4 is 5.32 Å². The third kappa shape index (κ3) is 4.97. The van der Waals surface area contributed by atoms with Crippen molar-refractivity contribution in [3.63, 3.8) is 0 Å². The minimum absolute atomic E-state index is 0.0362. The molecule has 2 amide bonds. The summed E-state index contributed by atoms with van der Waals surface area (Å²) in [4.78, 5) is 35.3. The highest BCUT2D eigenvalue weighted by atomic mass is 16.2. The van der Waals surface area contributed by atoms with Crippen molar-refractivity contribution in [1.29, 1.82) is 0 Å². The highest BCUT2D eigenvalue weighted by Crippen LogP contribution is 2.36. The van der Waals surface area contributed by atoms with Crippen molar-refractivity contribution in [2.75, 3.05) is 20.6 Å². The first-order valence-electron chi connectivity index (χ1n) is 10.4. The lowest BCUT2D eigenvalue weighted by molar-refractivity contribution is -0.125. The average Bonchev–Trinajstić information content (AvgIpc) is 2.72. The first-order chi connectivity index (χ1) is 13.5. The predicted octanol–water partition coefficient (Wildman–Crippen LogP) is 3.23. The highest BCUT2D eigenvalue weighted by molar-refractivity contribution is 5.94. The molecular formula is C22H32N4O2. The molecule has 1 N–H and O–H groups in total. The molecule has 6 nitrogen and oxygen atoms in total. The number of amides is 2. The van der Waals surface area contributed by atoms with E-state index in [0.717, 1.165) is 57.2 Å². The van der Waals surface area contributed by atoms with E-state index in [0.29, 0.717) is 17.3 Å². The summed E-state index contributed by atoms with van der Waals surface area (Å²) in [5.41, 5.74) is 1.51. The van der Waals surface area contributed by atoms with E-state index >= 15 is 0 Å². The van der Waals surface area contributed by atoms with Gasteiger partial charge in [-0.15, -0.1) is 0 Å². The lowest BCUT2D eigenvalue weighted by Crippen LogP contribution is -2.36. The van der Waals surface area contributed by atoms with Crippen LogP contribution in [0.1, 0.15) is 72.7 Å². The Bertz CT molecular complexity index is 736. The maximum atomic E-state index is 12.5. The van der Waals surface area contributed by atoms with Gasteiger partial charge in [0.1, 0.15) is 5.82 Å². The number of carbonyl (C=O) groups is 2. The van der Waals surface area contributed by atoms with Gasteiger partial charge in [0.25, 0.3) is 5.91 Å². The van der Waals surface area contributed by atoms with Crippen LogP contribution in [0.5, 0.6) is 0 Å². The second-order valence-electron chi connectivity index (χ2n) is 8.36. The van der Waals surface area contributed by atoms with E-state index in [2.05, 4.69) is 27.4 Å². The maximum absolute atomic E-state index is 12.5. The second-order valence-corrected chi connectivity index (χ2v) is 8.36. The zero-order valence-corrected chi connectivity index (χ0v) is 17.3. The van der Waals surface area contributed by atoms with E-state index in [1.54, 1.807) is 25.2 Å². The molecule has 152 valence electrons. The van der Waals surface area contributed by atoms with E-state index < -0.39 is 0 Å². The molecule has 2 aliphatic carbocycles. The fourth-order valence-corrected chi connectivity index (χ4v) is 4.27. The Morgan fingerprint density at radius 3 is 2.54 bits per heavy atom. The van der Waals surface area contributed by atoms with Gasteiger partial charge in [-0.1, -0.05) is 12.2 Å².